The molecule has 0 spiro atoms. The summed E-state index contributed by atoms with van der Waals surface area (Å²) in [6.07, 6.45) is 6.04. The van der Waals surface area contributed by atoms with Crippen molar-refractivity contribution in [2.24, 2.45) is 5.92 Å². The number of amides is 1. The Bertz CT molecular complexity index is 848. The number of hydrogen-bond donors (Lipinski definition) is 1. The van der Waals surface area contributed by atoms with Crippen molar-refractivity contribution < 1.29 is 4.79 Å². The Balaban J connectivity index is 1.23. The number of piperidine rings is 2. The molecule has 2 saturated heterocycles. The van der Waals surface area contributed by atoms with Gasteiger partial charge in [0.1, 0.15) is 0 Å². The molecule has 31 heavy (non-hydrogen) atoms. The fraction of sp³-hybridized carbons (Fsp3) is 0.500. The zero-order valence-corrected chi connectivity index (χ0v) is 19.1. The Morgan fingerprint density at radius 1 is 0.871 bits per heavy atom. The second kappa shape index (κ2) is 11.1. The Morgan fingerprint density at radius 2 is 1.58 bits per heavy atom. The minimum Gasteiger partial charge on any atom is -0.352 e. The average molecular weight is 440 g/mol. The molecule has 166 valence electrons. The van der Waals surface area contributed by atoms with E-state index in [1.165, 1.54) is 49.0 Å². The summed E-state index contributed by atoms with van der Waals surface area (Å²) in [7, 11) is 0. The second-order valence-corrected chi connectivity index (χ2v) is 9.51. The molecule has 1 atom stereocenters. The van der Waals surface area contributed by atoms with Gasteiger partial charge in [0.15, 0.2) is 0 Å². The van der Waals surface area contributed by atoms with Gasteiger partial charge < -0.3 is 5.32 Å². The maximum absolute atomic E-state index is 12.8. The maximum Gasteiger partial charge on any atom is 0.224 e. The van der Waals surface area contributed by atoms with Gasteiger partial charge in [-0.05, 0) is 74.1 Å². The molecule has 0 radical (unpaired) electrons. The standard InChI is InChI=1S/C26H34ClN3O/c27-25-8-4-6-23(16-25)19-30-15-5-7-24(20-30)26(31)28-17-21-9-11-22(12-10-21)18-29-13-2-1-3-14-29/h4,6,8-12,16,24H,1-3,5,7,13-15,17-20H2,(H,28,31). The molecule has 1 amide bonds. The largest absolute Gasteiger partial charge is 0.352 e. The third-order valence-electron chi connectivity index (χ3n) is 6.52. The van der Waals surface area contributed by atoms with Crippen LogP contribution in [0.4, 0.5) is 0 Å². The summed E-state index contributed by atoms with van der Waals surface area (Å²) in [6, 6.07) is 16.7. The summed E-state index contributed by atoms with van der Waals surface area (Å²) in [5.74, 6) is 0.236. The highest BCUT2D eigenvalue weighted by Crippen LogP contribution is 2.20. The Morgan fingerprint density at radius 3 is 2.35 bits per heavy atom. The van der Waals surface area contributed by atoms with E-state index in [1.807, 2.05) is 18.2 Å². The van der Waals surface area contributed by atoms with E-state index < -0.39 is 0 Å². The fourth-order valence-corrected chi connectivity index (χ4v) is 4.99. The lowest BCUT2D eigenvalue weighted by molar-refractivity contribution is -0.126. The zero-order valence-electron chi connectivity index (χ0n) is 18.4. The van der Waals surface area contributed by atoms with E-state index in [4.69, 9.17) is 11.6 Å². The predicted octanol–water partition coefficient (Wildman–Crippen LogP) is 4.85. The number of carbonyl (C=O) groups is 1. The van der Waals surface area contributed by atoms with E-state index in [0.29, 0.717) is 6.54 Å². The van der Waals surface area contributed by atoms with Crippen LogP contribution in [0, 0.1) is 5.92 Å². The molecule has 2 aromatic carbocycles. The number of benzene rings is 2. The lowest BCUT2D eigenvalue weighted by atomic mass is 9.96. The first-order chi connectivity index (χ1) is 15.2. The van der Waals surface area contributed by atoms with Crippen molar-refractivity contribution in [3.63, 3.8) is 0 Å². The third-order valence-corrected chi connectivity index (χ3v) is 6.75. The number of hydrogen-bond acceptors (Lipinski definition) is 3. The number of nitrogens with one attached hydrogen (secondary N) is 1. The van der Waals surface area contributed by atoms with Crippen molar-refractivity contribution in [3.05, 3.63) is 70.2 Å². The van der Waals surface area contributed by atoms with Crippen LogP contribution in [0.3, 0.4) is 0 Å². The van der Waals surface area contributed by atoms with Crippen LogP contribution in [-0.4, -0.2) is 41.9 Å². The van der Waals surface area contributed by atoms with Gasteiger partial charge in [-0.1, -0.05) is 54.4 Å². The van der Waals surface area contributed by atoms with Crippen molar-refractivity contribution in [1.82, 2.24) is 15.1 Å². The van der Waals surface area contributed by atoms with Gasteiger partial charge in [-0.3, -0.25) is 14.6 Å². The first-order valence-corrected chi connectivity index (χ1v) is 12.1. The van der Waals surface area contributed by atoms with E-state index in [-0.39, 0.29) is 11.8 Å². The van der Waals surface area contributed by atoms with Crippen LogP contribution in [0.1, 0.15) is 48.8 Å². The number of rotatable bonds is 7. The number of carbonyl (C=O) groups excluding carboxylic acids is 1. The molecule has 2 heterocycles. The summed E-state index contributed by atoms with van der Waals surface area (Å²) in [6.45, 7) is 6.77. The predicted molar refractivity (Wildman–Crippen MR) is 127 cm³/mol. The summed E-state index contributed by atoms with van der Waals surface area (Å²) in [5.41, 5.74) is 3.74. The molecule has 5 heteroatoms. The minimum absolute atomic E-state index is 0.0614. The van der Waals surface area contributed by atoms with E-state index in [1.54, 1.807) is 0 Å². The monoisotopic (exact) mass is 439 g/mol. The Labute approximate surface area is 191 Å². The van der Waals surface area contributed by atoms with Gasteiger partial charge in [0, 0.05) is 31.2 Å². The highest BCUT2D eigenvalue weighted by molar-refractivity contribution is 6.30. The summed E-state index contributed by atoms with van der Waals surface area (Å²) in [4.78, 5) is 17.7. The fourth-order valence-electron chi connectivity index (χ4n) is 4.78. The molecule has 1 unspecified atom stereocenters. The van der Waals surface area contributed by atoms with Crippen molar-refractivity contribution >= 4 is 17.5 Å². The van der Waals surface area contributed by atoms with Gasteiger partial charge in [0.25, 0.3) is 0 Å². The second-order valence-electron chi connectivity index (χ2n) is 9.08. The highest BCUT2D eigenvalue weighted by atomic mass is 35.5. The zero-order chi connectivity index (χ0) is 21.5. The van der Waals surface area contributed by atoms with Gasteiger partial charge in [0.05, 0.1) is 5.92 Å². The molecule has 2 fully saturated rings. The molecule has 4 rings (SSSR count). The molecular formula is C26H34ClN3O. The highest BCUT2D eigenvalue weighted by Gasteiger charge is 2.25. The summed E-state index contributed by atoms with van der Waals surface area (Å²) >= 11 is 6.11. The van der Waals surface area contributed by atoms with Crippen molar-refractivity contribution in [2.75, 3.05) is 26.2 Å². The molecule has 0 aliphatic carbocycles. The van der Waals surface area contributed by atoms with E-state index in [2.05, 4.69) is 45.4 Å². The summed E-state index contributed by atoms with van der Waals surface area (Å²) in [5, 5.41) is 3.94. The van der Waals surface area contributed by atoms with Crippen LogP contribution >= 0.6 is 11.6 Å². The molecule has 1 N–H and O–H groups in total. The lowest BCUT2D eigenvalue weighted by Gasteiger charge is -2.32. The molecular weight excluding hydrogens is 406 g/mol. The van der Waals surface area contributed by atoms with Crippen molar-refractivity contribution in [2.45, 2.75) is 51.7 Å². The van der Waals surface area contributed by atoms with Crippen molar-refractivity contribution in [3.8, 4) is 0 Å². The third kappa shape index (κ3) is 6.80. The number of halogens is 1. The van der Waals surface area contributed by atoms with Crippen molar-refractivity contribution in [1.29, 1.82) is 0 Å². The maximum atomic E-state index is 12.8. The van der Waals surface area contributed by atoms with Crippen LogP contribution in [0.25, 0.3) is 0 Å². The number of nitrogens with zero attached hydrogens (tertiary/aromatic N) is 2. The minimum atomic E-state index is 0.0614. The SMILES string of the molecule is O=C(NCc1ccc(CN2CCCCC2)cc1)C1CCCN(Cc2cccc(Cl)c2)C1. The smallest absolute Gasteiger partial charge is 0.224 e. The molecule has 2 aromatic rings. The van der Waals surface area contributed by atoms with Gasteiger partial charge in [-0.15, -0.1) is 0 Å². The van der Waals surface area contributed by atoms with Crippen LogP contribution in [0.2, 0.25) is 5.02 Å². The van der Waals surface area contributed by atoms with Gasteiger partial charge in [0.2, 0.25) is 5.91 Å². The van der Waals surface area contributed by atoms with Crippen LogP contribution < -0.4 is 5.32 Å². The topological polar surface area (TPSA) is 35.6 Å². The molecule has 0 aromatic heterocycles. The van der Waals surface area contributed by atoms with Gasteiger partial charge in [-0.2, -0.15) is 0 Å². The van der Waals surface area contributed by atoms with E-state index in [9.17, 15) is 4.79 Å². The summed E-state index contributed by atoms with van der Waals surface area (Å²) < 4.78 is 0. The van der Waals surface area contributed by atoms with E-state index >= 15 is 0 Å². The quantitative estimate of drug-likeness (QED) is 0.669. The first-order valence-electron chi connectivity index (χ1n) is 11.7. The Kier molecular flexibility index (Phi) is 8.01. The van der Waals surface area contributed by atoms with E-state index in [0.717, 1.165) is 44.0 Å². The Hall–Kier alpha value is -1.88. The van der Waals surface area contributed by atoms with Crippen LogP contribution in [-0.2, 0) is 24.4 Å². The lowest BCUT2D eigenvalue weighted by Crippen LogP contribution is -2.42. The van der Waals surface area contributed by atoms with Gasteiger partial charge in [-0.25, -0.2) is 0 Å². The molecule has 2 aliphatic rings. The molecule has 0 bridgehead atoms. The van der Waals surface area contributed by atoms with Gasteiger partial charge >= 0.3 is 0 Å². The normalized spacial score (nSPS) is 20.5. The molecule has 2 aliphatic heterocycles. The molecule has 4 nitrogen and oxygen atoms in total. The number of likely N-dealkylation sites (tertiary alicyclic amines) is 2. The average Bonchev–Trinajstić information content (AvgIpc) is 2.79. The van der Waals surface area contributed by atoms with Crippen LogP contribution in [0.15, 0.2) is 48.5 Å². The van der Waals surface area contributed by atoms with Crippen LogP contribution in [0.5, 0.6) is 0 Å². The molecule has 0 saturated carbocycles. The first kappa shape index (κ1) is 22.3.